The fraction of sp³-hybridized carbons (Fsp3) is 0.435. The molecule has 2 nitrogen and oxygen atoms in total. The van der Waals surface area contributed by atoms with Crippen molar-refractivity contribution in [2.24, 2.45) is 0 Å². The lowest BCUT2D eigenvalue weighted by Gasteiger charge is -2.06. The van der Waals surface area contributed by atoms with Gasteiger partial charge in [0.05, 0.1) is 5.56 Å². The van der Waals surface area contributed by atoms with Gasteiger partial charge in [0, 0.05) is 0 Å². The Hall–Kier alpha value is -2.09. The molecule has 0 aliphatic carbocycles. The quantitative estimate of drug-likeness (QED) is 0.280. The zero-order chi connectivity index (χ0) is 17.9. The van der Waals surface area contributed by atoms with Gasteiger partial charge >= 0.3 is 5.97 Å². The predicted octanol–water partition coefficient (Wildman–Crippen LogP) is 6.51. The Balaban J connectivity index is 1.73. The maximum absolute atomic E-state index is 12.2. The van der Waals surface area contributed by atoms with E-state index in [-0.39, 0.29) is 5.97 Å². The molecule has 0 atom stereocenters. The molecule has 2 heteroatoms. The van der Waals surface area contributed by atoms with Crippen LogP contribution in [0, 0.1) is 6.92 Å². The van der Waals surface area contributed by atoms with E-state index < -0.39 is 0 Å². The number of esters is 1. The van der Waals surface area contributed by atoms with Crippen LogP contribution in [0.2, 0.25) is 0 Å². The summed E-state index contributed by atoms with van der Waals surface area (Å²) >= 11 is 0. The molecule has 0 bridgehead atoms. The molecule has 134 valence electrons. The Labute approximate surface area is 152 Å². The molecular weight excluding hydrogens is 308 g/mol. The number of unbranched alkanes of at least 4 members (excludes halogenated alkanes) is 6. The Morgan fingerprint density at radius 3 is 2.04 bits per heavy atom. The standard InChI is InChI=1S/C23H30O2/c1-3-4-5-6-7-8-9-10-20-13-15-21(16-14-20)23(24)25-22-17-11-19(2)12-18-22/h11-18H,3-10H2,1-2H3. The first-order chi connectivity index (χ1) is 12.2. The molecule has 2 aromatic carbocycles. The number of aryl methyl sites for hydroxylation is 2. The lowest BCUT2D eigenvalue weighted by Crippen LogP contribution is -2.08. The van der Waals surface area contributed by atoms with E-state index in [1.54, 1.807) is 0 Å². The summed E-state index contributed by atoms with van der Waals surface area (Å²) in [6, 6.07) is 15.3. The summed E-state index contributed by atoms with van der Waals surface area (Å²) in [5.41, 5.74) is 3.04. The van der Waals surface area contributed by atoms with Gasteiger partial charge in [-0.15, -0.1) is 0 Å². The maximum Gasteiger partial charge on any atom is 0.343 e. The summed E-state index contributed by atoms with van der Waals surface area (Å²) in [5, 5.41) is 0. The van der Waals surface area contributed by atoms with Gasteiger partial charge in [-0.1, -0.05) is 75.3 Å². The van der Waals surface area contributed by atoms with Gasteiger partial charge in [-0.05, 0) is 49.6 Å². The Morgan fingerprint density at radius 2 is 1.40 bits per heavy atom. The Bertz CT molecular complexity index is 626. The highest BCUT2D eigenvalue weighted by molar-refractivity contribution is 5.91. The molecule has 0 aromatic heterocycles. The second-order valence-corrected chi connectivity index (χ2v) is 6.77. The fourth-order valence-corrected chi connectivity index (χ4v) is 2.87. The molecule has 2 rings (SSSR count). The van der Waals surface area contributed by atoms with Gasteiger partial charge in [0.15, 0.2) is 0 Å². The average molecular weight is 338 g/mol. The fourth-order valence-electron chi connectivity index (χ4n) is 2.87. The number of benzene rings is 2. The minimum atomic E-state index is -0.300. The van der Waals surface area contributed by atoms with Crippen molar-refractivity contribution in [3.8, 4) is 5.75 Å². The van der Waals surface area contributed by atoms with Crippen LogP contribution >= 0.6 is 0 Å². The lowest BCUT2D eigenvalue weighted by atomic mass is 10.0. The van der Waals surface area contributed by atoms with Crippen LogP contribution in [-0.4, -0.2) is 5.97 Å². The average Bonchev–Trinajstić information content (AvgIpc) is 2.63. The van der Waals surface area contributed by atoms with E-state index in [0.29, 0.717) is 11.3 Å². The van der Waals surface area contributed by atoms with Crippen molar-refractivity contribution in [2.45, 2.75) is 65.2 Å². The van der Waals surface area contributed by atoms with Gasteiger partial charge < -0.3 is 4.74 Å². The first-order valence-electron chi connectivity index (χ1n) is 9.57. The van der Waals surface area contributed by atoms with Crippen LogP contribution in [0.25, 0.3) is 0 Å². The largest absolute Gasteiger partial charge is 0.423 e. The van der Waals surface area contributed by atoms with Crippen LogP contribution in [-0.2, 0) is 6.42 Å². The third-order valence-corrected chi connectivity index (χ3v) is 4.49. The molecule has 0 aliphatic heterocycles. The van der Waals surface area contributed by atoms with Crippen molar-refractivity contribution < 1.29 is 9.53 Å². The van der Waals surface area contributed by atoms with Crippen molar-refractivity contribution in [3.63, 3.8) is 0 Å². The molecule has 0 unspecified atom stereocenters. The summed E-state index contributed by atoms with van der Waals surface area (Å²) in [4.78, 5) is 12.2. The second kappa shape index (κ2) is 10.7. The van der Waals surface area contributed by atoms with Gasteiger partial charge in [-0.3, -0.25) is 0 Å². The molecule has 0 N–H and O–H groups in total. The van der Waals surface area contributed by atoms with Gasteiger partial charge in [0.25, 0.3) is 0 Å². The first-order valence-corrected chi connectivity index (χ1v) is 9.57. The SMILES string of the molecule is CCCCCCCCCc1ccc(C(=O)Oc2ccc(C)cc2)cc1. The van der Waals surface area contributed by atoms with E-state index in [4.69, 9.17) is 4.74 Å². The highest BCUT2D eigenvalue weighted by Crippen LogP contribution is 2.15. The van der Waals surface area contributed by atoms with E-state index in [0.717, 1.165) is 12.0 Å². The minimum absolute atomic E-state index is 0.300. The predicted molar refractivity (Wildman–Crippen MR) is 104 cm³/mol. The number of rotatable bonds is 10. The molecule has 0 spiro atoms. The molecular formula is C23H30O2. The summed E-state index contributed by atoms with van der Waals surface area (Å²) in [5.74, 6) is 0.286. The number of carbonyl (C=O) groups excluding carboxylic acids is 1. The molecule has 2 aromatic rings. The molecule has 0 aliphatic rings. The Morgan fingerprint density at radius 1 is 0.800 bits per heavy atom. The highest BCUT2D eigenvalue weighted by Gasteiger charge is 2.08. The molecule has 0 fully saturated rings. The molecule has 0 heterocycles. The van der Waals surface area contributed by atoms with E-state index >= 15 is 0 Å². The van der Waals surface area contributed by atoms with Crippen LogP contribution < -0.4 is 4.74 Å². The van der Waals surface area contributed by atoms with Gasteiger partial charge in [0.2, 0.25) is 0 Å². The maximum atomic E-state index is 12.2. The smallest absolute Gasteiger partial charge is 0.343 e. The van der Waals surface area contributed by atoms with E-state index in [1.807, 2.05) is 55.5 Å². The Kier molecular flexibility index (Phi) is 8.24. The van der Waals surface area contributed by atoms with Crippen molar-refractivity contribution >= 4 is 5.97 Å². The van der Waals surface area contributed by atoms with E-state index in [2.05, 4.69) is 6.92 Å². The van der Waals surface area contributed by atoms with Crippen LogP contribution in [0.3, 0.4) is 0 Å². The summed E-state index contributed by atoms with van der Waals surface area (Å²) < 4.78 is 5.40. The third kappa shape index (κ3) is 7.13. The zero-order valence-electron chi connectivity index (χ0n) is 15.6. The molecule has 25 heavy (non-hydrogen) atoms. The monoisotopic (exact) mass is 338 g/mol. The van der Waals surface area contributed by atoms with Crippen molar-refractivity contribution in [1.82, 2.24) is 0 Å². The molecule has 0 radical (unpaired) electrons. The lowest BCUT2D eigenvalue weighted by molar-refractivity contribution is 0.0734. The van der Waals surface area contributed by atoms with E-state index in [9.17, 15) is 4.79 Å². The van der Waals surface area contributed by atoms with Crippen LogP contribution in [0.5, 0.6) is 5.75 Å². The van der Waals surface area contributed by atoms with Crippen LogP contribution in [0.4, 0.5) is 0 Å². The second-order valence-electron chi connectivity index (χ2n) is 6.77. The summed E-state index contributed by atoms with van der Waals surface area (Å²) in [6.07, 6.45) is 10.3. The number of hydrogen-bond acceptors (Lipinski definition) is 2. The first kappa shape index (κ1) is 19.2. The van der Waals surface area contributed by atoms with Gasteiger partial charge in [0.1, 0.15) is 5.75 Å². The van der Waals surface area contributed by atoms with E-state index in [1.165, 1.54) is 50.5 Å². The summed E-state index contributed by atoms with van der Waals surface area (Å²) in [7, 11) is 0. The molecule has 0 saturated heterocycles. The topological polar surface area (TPSA) is 26.3 Å². The number of hydrogen-bond donors (Lipinski definition) is 0. The number of carbonyl (C=O) groups is 1. The van der Waals surface area contributed by atoms with Crippen molar-refractivity contribution in [2.75, 3.05) is 0 Å². The van der Waals surface area contributed by atoms with Crippen LogP contribution in [0.1, 0.15) is 73.4 Å². The van der Waals surface area contributed by atoms with Gasteiger partial charge in [-0.2, -0.15) is 0 Å². The zero-order valence-corrected chi connectivity index (χ0v) is 15.6. The summed E-state index contributed by atoms with van der Waals surface area (Å²) in [6.45, 7) is 4.26. The minimum Gasteiger partial charge on any atom is -0.423 e. The van der Waals surface area contributed by atoms with Crippen molar-refractivity contribution in [1.29, 1.82) is 0 Å². The highest BCUT2D eigenvalue weighted by atomic mass is 16.5. The van der Waals surface area contributed by atoms with Crippen molar-refractivity contribution in [3.05, 3.63) is 65.2 Å². The van der Waals surface area contributed by atoms with Crippen LogP contribution in [0.15, 0.2) is 48.5 Å². The normalized spacial score (nSPS) is 10.6. The third-order valence-electron chi connectivity index (χ3n) is 4.49. The number of ether oxygens (including phenoxy) is 1. The molecule has 0 saturated carbocycles. The van der Waals surface area contributed by atoms with Gasteiger partial charge in [-0.25, -0.2) is 4.79 Å². The molecule has 0 amide bonds.